The third-order valence-corrected chi connectivity index (χ3v) is 2.57. The van der Waals surface area contributed by atoms with Crippen molar-refractivity contribution in [2.45, 2.75) is 26.4 Å². The molecular weight excluding hydrogens is 214 g/mol. The standard InChI is InChI=1S/C14H17NO2/c1-2-13-10-14(17-15-13)8-9-16-11-12-6-4-3-5-7-12/h3-7,10H,2,8-9,11H2,1H3. The second kappa shape index (κ2) is 6.21. The Labute approximate surface area is 101 Å². The van der Waals surface area contributed by atoms with Gasteiger partial charge in [0.05, 0.1) is 18.9 Å². The molecule has 0 fully saturated rings. The van der Waals surface area contributed by atoms with Crippen LogP contribution in [0.25, 0.3) is 0 Å². The summed E-state index contributed by atoms with van der Waals surface area (Å²) in [4.78, 5) is 0. The lowest BCUT2D eigenvalue weighted by Gasteiger charge is -2.02. The highest BCUT2D eigenvalue weighted by Crippen LogP contribution is 2.06. The zero-order valence-electron chi connectivity index (χ0n) is 10.1. The molecule has 0 unspecified atom stereocenters. The van der Waals surface area contributed by atoms with Crippen molar-refractivity contribution in [3.05, 3.63) is 53.4 Å². The molecule has 1 aromatic carbocycles. The maximum atomic E-state index is 5.58. The average molecular weight is 231 g/mol. The summed E-state index contributed by atoms with van der Waals surface area (Å²) in [5.41, 5.74) is 2.20. The van der Waals surface area contributed by atoms with E-state index in [4.69, 9.17) is 9.26 Å². The molecular formula is C14H17NO2. The van der Waals surface area contributed by atoms with Crippen LogP contribution in [0.2, 0.25) is 0 Å². The van der Waals surface area contributed by atoms with Gasteiger partial charge in [-0.15, -0.1) is 0 Å². The molecule has 17 heavy (non-hydrogen) atoms. The molecule has 0 aliphatic rings. The van der Waals surface area contributed by atoms with Gasteiger partial charge in [-0.25, -0.2) is 0 Å². The monoisotopic (exact) mass is 231 g/mol. The van der Waals surface area contributed by atoms with Crippen molar-refractivity contribution in [3.63, 3.8) is 0 Å². The summed E-state index contributed by atoms with van der Waals surface area (Å²) in [6.45, 7) is 3.37. The second-order valence-electron chi connectivity index (χ2n) is 3.93. The van der Waals surface area contributed by atoms with Crippen LogP contribution in [-0.4, -0.2) is 11.8 Å². The van der Waals surface area contributed by atoms with E-state index in [1.807, 2.05) is 24.3 Å². The third-order valence-electron chi connectivity index (χ3n) is 2.57. The summed E-state index contributed by atoms with van der Waals surface area (Å²) in [6, 6.07) is 12.1. The van der Waals surface area contributed by atoms with Gasteiger partial charge in [0.15, 0.2) is 0 Å². The van der Waals surface area contributed by atoms with Crippen LogP contribution in [0.4, 0.5) is 0 Å². The second-order valence-corrected chi connectivity index (χ2v) is 3.93. The first-order chi connectivity index (χ1) is 8.38. The summed E-state index contributed by atoms with van der Waals surface area (Å²) in [5.74, 6) is 0.898. The Kier molecular flexibility index (Phi) is 4.33. The molecule has 0 saturated carbocycles. The van der Waals surface area contributed by atoms with Crippen LogP contribution in [0.5, 0.6) is 0 Å². The van der Waals surface area contributed by atoms with E-state index in [1.54, 1.807) is 0 Å². The molecule has 0 bridgehead atoms. The number of hydrogen-bond donors (Lipinski definition) is 0. The highest BCUT2D eigenvalue weighted by Gasteiger charge is 2.02. The van der Waals surface area contributed by atoms with Crippen molar-refractivity contribution >= 4 is 0 Å². The predicted octanol–water partition coefficient (Wildman–Crippen LogP) is 3.00. The minimum atomic E-state index is 0.648. The molecule has 0 N–H and O–H groups in total. The van der Waals surface area contributed by atoms with E-state index in [0.29, 0.717) is 13.2 Å². The Balaban J connectivity index is 1.69. The largest absolute Gasteiger partial charge is 0.376 e. The van der Waals surface area contributed by atoms with E-state index in [0.717, 1.165) is 24.3 Å². The molecule has 1 aromatic heterocycles. The summed E-state index contributed by atoms with van der Waals surface area (Å²) >= 11 is 0. The summed E-state index contributed by atoms with van der Waals surface area (Å²) in [5, 5.41) is 3.94. The normalized spacial score (nSPS) is 10.6. The lowest BCUT2D eigenvalue weighted by molar-refractivity contribution is 0.119. The van der Waals surface area contributed by atoms with Gasteiger partial charge >= 0.3 is 0 Å². The molecule has 0 atom stereocenters. The van der Waals surface area contributed by atoms with E-state index in [9.17, 15) is 0 Å². The minimum Gasteiger partial charge on any atom is -0.376 e. The molecule has 1 heterocycles. The van der Waals surface area contributed by atoms with Gasteiger partial charge < -0.3 is 9.26 Å². The van der Waals surface area contributed by atoms with Gasteiger partial charge in [-0.05, 0) is 12.0 Å². The van der Waals surface area contributed by atoms with Crippen LogP contribution < -0.4 is 0 Å². The van der Waals surface area contributed by atoms with Crippen molar-refractivity contribution in [2.75, 3.05) is 6.61 Å². The molecule has 0 radical (unpaired) electrons. The molecule has 0 amide bonds. The molecule has 90 valence electrons. The maximum absolute atomic E-state index is 5.58. The Morgan fingerprint density at radius 3 is 2.76 bits per heavy atom. The first-order valence-corrected chi connectivity index (χ1v) is 5.94. The van der Waals surface area contributed by atoms with Gasteiger partial charge in [-0.2, -0.15) is 0 Å². The fourth-order valence-corrected chi connectivity index (χ4v) is 1.58. The van der Waals surface area contributed by atoms with Gasteiger partial charge in [-0.3, -0.25) is 0 Å². The van der Waals surface area contributed by atoms with Gasteiger partial charge in [0.1, 0.15) is 5.76 Å². The fraction of sp³-hybridized carbons (Fsp3) is 0.357. The molecule has 3 heteroatoms. The molecule has 0 aliphatic heterocycles. The van der Waals surface area contributed by atoms with E-state index in [-0.39, 0.29) is 0 Å². The van der Waals surface area contributed by atoms with Gasteiger partial charge in [0.25, 0.3) is 0 Å². The lowest BCUT2D eigenvalue weighted by Crippen LogP contribution is -1.98. The number of ether oxygens (including phenoxy) is 1. The number of nitrogens with zero attached hydrogens (tertiary/aromatic N) is 1. The first kappa shape index (κ1) is 11.9. The van der Waals surface area contributed by atoms with Crippen LogP contribution in [0.3, 0.4) is 0 Å². The van der Waals surface area contributed by atoms with Gasteiger partial charge in [-0.1, -0.05) is 42.4 Å². The van der Waals surface area contributed by atoms with E-state index in [2.05, 4.69) is 24.2 Å². The summed E-state index contributed by atoms with van der Waals surface area (Å²) < 4.78 is 10.8. The predicted molar refractivity (Wildman–Crippen MR) is 65.7 cm³/mol. The minimum absolute atomic E-state index is 0.648. The lowest BCUT2D eigenvalue weighted by atomic mass is 10.2. The van der Waals surface area contributed by atoms with Gasteiger partial charge in [0, 0.05) is 12.5 Å². The topological polar surface area (TPSA) is 35.3 Å². The Hall–Kier alpha value is -1.61. The Morgan fingerprint density at radius 1 is 1.24 bits per heavy atom. The summed E-state index contributed by atoms with van der Waals surface area (Å²) in [6.07, 6.45) is 1.69. The molecule has 3 nitrogen and oxygen atoms in total. The van der Waals surface area contributed by atoms with E-state index < -0.39 is 0 Å². The Morgan fingerprint density at radius 2 is 2.06 bits per heavy atom. The molecule has 2 aromatic rings. The number of aryl methyl sites for hydroxylation is 1. The van der Waals surface area contributed by atoms with Crippen molar-refractivity contribution in [2.24, 2.45) is 0 Å². The van der Waals surface area contributed by atoms with Gasteiger partial charge in [0.2, 0.25) is 0 Å². The highest BCUT2D eigenvalue weighted by atomic mass is 16.5. The van der Waals surface area contributed by atoms with Crippen molar-refractivity contribution in [3.8, 4) is 0 Å². The average Bonchev–Trinajstić information content (AvgIpc) is 2.84. The molecule has 0 spiro atoms. The van der Waals surface area contributed by atoms with Crippen LogP contribution in [0, 0.1) is 0 Å². The van der Waals surface area contributed by atoms with Crippen LogP contribution in [0.1, 0.15) is 23.9 Å². The fourth-order valence-electron chi connectivity index (χ4n) is 1.58. The number of hydrogen-bond acceptors (Lipinski definition) is 3. The van der Waals surface area contributed by atoms with E-state index in [1.165, 1.54) is 5.56 Å². The highest BCUT2D eigenvalue weighted by molar-refractivity contribution is 5.13. The zero-order valence-corrected chi connectivity index (χ0v) is 10.1. The third kappa shape index (κ3) is 3.71. The van der Waals surface area contributed by atoms with Crippen molar-refractivity contribution < 1.29 is 9.26 Å². The number of benzene rings is 1. The zero-order chi connectivity index (χ0) is 11.9. The smallest absolute Gasteiger partial charge is 0.139 e. The summed E-state index contributed by atoms with van der Waals surface area (Å²) in [7, 11) is 0. The maximum Gasteiger partial charge on any atom is 0.139 e. The molecule has 0 saturated heterocycles. The van der Waals surface area contributed by atoms with Crippen LogP contribution in [-0.2, 0) is 24.2 Å². The molecule has 0 aliphatic carbocycles. The quantitative estimate of drug-likeness (QED) is 0.717. The number of aromatic nitrogens is 1. The van der Waals surface area contributed by atoms with Crippen molar-refractivity contribution in [1.82, 2.24) is 5.16 Å². The van der Waals surface area contributed by atoms with E-state index >= 15 is 0 Å². The van der Waals surface area contributed by atoms with Crippen molar-refractivity contribution in [1.29, 1.82) is 0 Å². The Bertz CT molecular complexity index is 436. The first-order valence-electron chi connectivity index (χ1n) is 5.94. The number of rotatable bonds is 6. The SMILES string of the molecule is CCc1cc(CCOCc2ccccc2)on1. The van der Waals surface area contributed by atoms with Crippen LogP contribution >= 0.6 is 0 Å². The molecule has 2 rings (SSSR count). The van der Waals surface area contributed by atoms with Crippen LogP contribution in [0.15, 0.2) is 40.9 Å².